The Balaban J connectivity index is 1.72. The van der Waals surface area contributed by atoms with Crippen molar-refractivity contribution in [2.45, 2.75) is 26.5 Å². The van der Waals surface area contributed by atoms with E-state index in [9.17, 15) is 0 Å². The van der Waals surface area contributed by atoms with Crippen LogP contribution in [0.4, 0.5) is 0 Å². The standard InChI is InChI=1S/C19H25NO2/c1-2-21-13-7-12-20-15-18-10-6-11-19(14-18)22-16-17-8-4-3-5-9-17/h3-6,8-11,14,20H,2,7,12-13,15-16H2,1H3. The summed E-state index contributed by atoms with van der Waals surface area (Å²) < 4.78 is 11.2. The van der Waals surface area contributed by atoms with Crippen molar-refractivity contribution in [2.75, 3.05) is 19.8 Å². The van der Waals surface area contributed by atoms with Gasteiger partial charge in [-0.1, -0.05) is 42.5 Å². The van der Waals surface area contributed by atoms with Crippen LogP contribution < -0.4 is 10.1 Å². The molecule has 0 aromatic heterocycles. The summed E-state index contributed by atoms with van der Waals surface area (Å²) in [6.45, 7) is 6.06. The zero-order valence-electron chi connectivity index (χ0n) is 13.3. The van der Waals surface area contributed by atoms with Crippen LogP contribution in [0.2, 0.25) is 0 Å². The molecule has 0 saturated heterocycles. The van der Waals surface area contributed by atoms with E-state index < -0.39 is 0 Å². The third kappa shape index (κ3) is 6.29. The van der Waals surface area contributed by atoms with Gasteiger partial charge in [0.2, 0.25) is 0 Å². The third-order valence-electron chi connectivity index (χ3n) is 3.32. The molecule has 118 valence electrons. The van der Waals surface area contributed by atoms with Crippen molar-refractivity contribution in [3.05, 3.63) is 65.7 Å². The lowest BCUT2D eigenvalue weighted by Gasteiger charge is -2.09. The van der Waals surface area contributed by atoms with Crippen molar-refractivity contribution in [1.29, 1.82) is 0 Å². The second-order valence-electron chi connectivity index (χ2n) is 5.15. The van der Waals surface area contributed by atoms with Crippen molar-refractivity contribution in [3.8, 4) is 5.75 Å². The van der Waals surface area contributed by atoms with Crippen molar-refractivity contribution in [3.63, 3.8) is 0 Å². The Morgan fingerprint density at radius 2 is 1.77 bits per heavy atom. The molecular weight excluding hydrogens is 274 g/mol. The van der Waals surface area contributed by atoms with E-state index in [1.54, 1.807) is 0 Å². The molecule has 0 amide bonds. The Hall–Kier alpha value is -1.84. The molecule has 0 saturated carbocycles. The average Bonchev–Trinajstić information content (AvgIpc) is 2.57. The van der Waals surface area contributed by atoms with Gasteiger partial charge in [0.1, 0.15) is 12.4 Å². The molecular formula is C19H25NO2. The van der Waals surface area contributed by atoms with Gasteiger partial charge in [-0.15, -0.1) is 0 Å². The highest BCUT2D eigenvalue weighted by molar-refractivity contribution is 5.29. The maximum atomic E-state index is 5.84. The van der Waals surface area contributed by atoms with E-state index in [0.717, 1.165) is 38.5 Å². The number of ether oxygens (including phenoxy) is 2. The van der Waals surface area contributed by atoms with Crippen molar-refractivity contribution in [1.82, 2.24) is 5.32 Å². The highest BCUT2D eigenvalue weighted by Gasteiger charge is 1.98. The predicted octanol–water partition coefficient (Wildman–Crippen LogP) is 3.78. The topological polar surface area (TPSA) is 30.5 Å². The summed E-state index contributed by atoms with van der Waals surface area (Å²) >= 11 is 0. The highest BCUT2D eigenvalue weighted by atomic mass is 16.5. The minimum absolute atomic E-state index is 0.603. The monoisotopic (exact) mass is 299 g/mol. The molecule has 3 heteroatoms. The van der Waals surface area contributed by atoms with E-state index in [1.807, 2.05) is 37.3 Å². The number of hydrogen-bond donors (Lipinski definition) is 1. The normalized spacial score (nSPS) is 10.6. The zero-order chi connectivity index (χ0) is 15.5. The molecule has 0 aliphatic heterocycles. The summed E-state index contributed by atoms with van der Waals surface area (Å²) in [6.07, 6.45) is 1.04. The van der Waals surface area contributed by atoms with Gasteiger partial charge in [0.15, 0.2) is 0 Å². The first kappa shape index (κ1) is 16.5. The number of nitrogens with one attached hydrogen (secondary N) is 1. The molecule has 2 aromatic rings. The molecule has 0 heterocycles. The smallest absolute Gasteiger partial charge is 0.120 e. The van der Waals surface area contributed by atoms with Gasteiger partial charge in [0.05, 0.1) is 0 Å². The Kier molecular flexibility index (Phi) is 7.50. The van der Waals surface area contributed by atoms with Gasteiger partial charge in [-0.3, -0.25) is 0 Å². The van der Waals surface area contributed by atoms with Crippen LogP contribution in [0.15, 0.2) is 54.6 Å². The fourth-order valence-corrected chi connectivity index (χ4v) is 2.16. The van der Waals surface area contributed by atoms with Gasteiger partial charge in [-0.2, -0.15) is 0 Å². The van der Waals surface area contributed by atoms with Gasteiger partial charge in [-0.25, -0.2) is 0 Å². The molecule has 1 N–H and O–H groups in total. The maximum Gasteiger partial charge on any atom is 0.120 e. The van der Waals surface area contributed by atoms with E-state index in [4.69, 9.17) is 9.47 Å². The lowest BCUT2D eigenvalue weighted by molar-refractivity contribution is 0.144. The summed E-state index contributed by atoms with van der Waals surface area (Å²) in [4.78, 5) is 0. The number of hydrogen-bond acceptors (Lipinski definition) is 3. The second kappa shape index (κ2) is 9.98. The zero-order valence-corrected chi connectivity index (χ0v) is 13.3. The van der Waals surface area contributed by atoms with Gasteiger partial charge in [0.25, 0.3) is 0 Å². The van der Waals surface area contributed by atoms with Gasteiger partial charge in [-0.05, 0) is 43.1 Å². The van der Waals surface area contributed by atoms with Crippen molar-refractivity contribution in [2.24, 2.45) is 0 Å². The van der Waals surface area contributed by atoms with Crippen LogP contribution in [-0.2, 0) is 17.9 Å². The lowest BCUT2D eigenvalue weighted by atomic mass is 10.2. The minimum atomic E-state index is 0.603. The second-order valence-corrected chi connectivity index (χ2v) is 5.15. The van der Waals surface area contributed by atoms with Gasteiger partial charge < -0.3 is 14.8 Å². The van der Waals surface area contributed by atoms with Crippen molar-refractivity contribution < 1.29 is 9.47 Å². The van der Waals surface area contributed by atoms with Crippen LogP contribution in [0.25, 0.3) is 0 Å². The van der Waals surface area contributed by atoms with Crippen LogP contribution in [0, 0.1) is 0 Å². The fourth-order valence-electron chi connectivity index (χ4n) is 2.16. The molecule has 0 fully saturated rings. The molecule has 0 atom stereocenters. The molecule has 0 spiro atoms. The van der Waals surface area contributed by atoms with Gasteiger partial charge >= 0.3 is 0 Å². The molecule has 0 aliphatic rings. The molecule has 3 nitrogen and oxygen atoms in total. The van der Waals surface area contributed by atoms with E-state index in [-0.39, 0.29) is 0 Å². The number of benzene rings is 2. The van der Waals surface area contributed by atoms with Crippen LogP contribution in [0.5, 0.6) is 5.75 Å². The Morgan fingerprint density at radius 1 is 0.955 bits per heavy atom. The predicted molar refractivity (Wildman–Crippen MR) is 90.0 cm³/mol. The van der Waals surface area contributed by atoms with Crippen molar-refractivity contribution >= 4 is 0 Å². The first-order valence-corrected chi connectivity index (χ1v) is 7.92. The van der Waals surface area contributed by atoms with E-state index in [0.29, 0.717) is 6.61 Å². The van der Waals surface area contributed by atoms with Crippen LogP contribution in [0.1, 0.15) is 24.5 Å². The average molecular weight is 299 g/mol. The first-order valence-electron chi connectivity index (χ1n) is 7.92. The van der Waals surface area contributed by atoms with Crippen LogP contribution in [0.3, 0.4) is 0 Å². The van der Waals surface area contributed by atoms with Crippen LogP contribution in [-0.4, -0.2) is 19.8 Å². The minimum Gasteiger partial charge on any atom is -0.489 e. The quantitative estimate of drug-likeness (QED) is 0.677. The Labute approximate surface area is 133 Å². The molecule has 2 rings (SSSR count). The SMILES string of the molecule is CCOCCCNCc1cccc(OCc2ccccc2)c1. The van der Waals surface area contributed by atoms with E-state index in [2.05, 4.69) is 29.6 Å². The number of rotatable bonds is 10. The Morgan fingerprint density at radius 3 is 2.59 bits per heavy atom. The molecule has 0 unspecified atom stereocenters. The molecule has 22 heavy (non-hydrogen) atoms. The maximum absolute atomic E-state index is 5.84. The molecule has 0 aliphatic carbocycles. The van der Waals surface area contributed by atoms with E-state index >= 15 is 0 Å². The van der Waals surface area contributed by atoms with E-state index in [1.165, 1.54) is 11.1 Å². The third-order valence-corrected chi connectivity index (χ3v) is 3.32. The highest BCUT2D eigenvalue weighted by Crippen LogP contribution is 2.15. The largest absolute Gasteiger partial charge is 0.489 e. The Bertz CT molecular complexity index is 528. The first-order chi connectivity index (χ1) is 10.9. The summed E-state index contributed by atoms with van der Waals surface area (Å²) in [6, 6.07) is 18.5. The lowest BCUT2D eigenvalue weighted by Crippen LogP contribution is -2.16. The van der Waals surface area contributed by atoms with Crippen LogP contribution >= 0.6 is 0 Å². The summed E-state index contributed by atoms with van der Waals surface area (Å²) in [5.41, 5.74) is 2.42. The van der Waals surface area contributed by atoms with Gasteiger partial charge in [0, 0.05) is 19.8 Å². The summed E-state index contributed by atoms with van der Waals surface area (Å²) in [7, 11) is 0. The molecule has 0 bridgehead atoms. The summed E-state index contributed by atoms with van der Waals surface area (Å²) in [5, 5.41) is 3.43. The summed E-state index contributed by atoms with van der Waals surface area (Å²) in [5.74, 6) is 0.914. The fraction of sp³-hybridized carbons (Fsp3) is 0.368. The molecule has 0 radical (unpaired) electrons. The molecule has 2 aromatic carbocycles.